The van der Waals surface area contributed by atoms with Gasteiger partial charge in [0.2, 0.25) is 0 Å². The number of fused-ring (bicyclic) bond motifs is 1. The van der Waals surface area contributed by atoms with Crippen LogP contribution >= 0.6 is 11.9 Å². The van der Waals surface area contributed by atoms with E-state index in [4.69, 9.17) is 0 Å². The smallest absolute Gasteiger partial charge is 0.262 e. The maximum atomic E-state index is 12.5. The molecule has 0 heterocycles. The number of hydroxylamine groups is 1. The number of phenols is 1. The highest BCUT2D eigenvalue weighted by Gasteiger charge is 2.37. The van der Waals surface area contributed by atoms with Gasteiger partial charge in [0.1, 0.15) is 11.8 Å². The predicted molar refractivity (Wildman–Crippen MR) is 111 cm³/mol. The zero-order valence-electron chi connectivity index (χ0n) is 16.7. The molecule has 148 valence electrons. The van der Waals surface area contributed by atoms with Gasteiger partial charge in [-0.05, 0) is 41.2 Å². The van der Waals surface area contributed by atoms with Gasteiger partial charge in [-0.3, -0.25) is 10.0 Å². The average Bonchev–Trinajstić information content (AvgIpc) is 2.60. The second-order valence-corrected chi connectivity index (χ2v) is 9.38. The van der Waals surface area contributed by atoms with E-state index in [9.17, 15) is 15.1 Å². The summed E-state index contributed by atoms with van der Waals surface area (Å²) in [5.74, 6) is 0.236. The van der Waals surface area contributed by atoms with Gasteiger partial charge in [0.25, 0.3) is 5.91 Å². The molecule has 5 nitrogen and oxygen atoms in total. The van der Waals surface area contributed by atoms with E-state index in [-0.39, 0.29) is 5.75 Å². The molecule has 0 bridgehead atoms. The van der Waals surface area contributed by atoms with E-state index in [1.807, 2.05) is 67.0 Å². The van der Waals surface area contributed by atoms with Gasteiger partial charge in [0.15, 0.2) is 0 Å². The van der Waals surface area contributed by atoms with Gasteiger partial charge in [0.05, 0.1) is 4.90 Å². The standard InChI is InChI=1S/C21H30N2O3S/c1-14(2)12-13-23(19(20(25)22-26)21(3,4)5)27-17-11-10-15-8-6-7-9-16(15)18(17)24/h6-11,14,19,24,26H,12-13H2,1-5H3,(H,22,25)/t19-/m0/s1. The van der Waals surface area contributed by atoms with Crippen molar-refractivity contribution in [2.75, 3.05) is 6.54 Å². The first kappa shape index (κ1) is 21.5. The van der Waals surface area contributed by atoms with Gasteiger partial charge in [-0.15, -0.1) is 0 Å². The van der Waals surface area contributed by atoms with Crippen LogP contribution in [0.1, 0.15) is 41.0 Å². The van der Waals surface area contributed by atoms with Crippen molar-refractivity contribution in [3.8, 4) is 5.75 Å². The molecule has 0 saturated carbocycles. The summed E-state index contributed by atoms with van der Waals surface area (Å²) in [6.45, 7) is 10.8. The van der Waals surface area contributed by atoms with Crippen molar-refractivity contribution in [3.05, 3.63) is 36.4 Å². The molecular weight excluding hydrogens is 360 g/mol. The van der Waals surface area contributed by atoms with Crippen LogP contribution in [0.4, 0.5) is 0 Å². The summed E-state index contributed by atoms with van der Waals surface area (Å²) < 4.78 is 1.97. The summed E-state index contributed by atoms with van der Waals surface area (Å²) in [4.78, 5) is 13.1. The second-order valence-electron chi connectivity index (χ2n) is 8.29. The first-order valence-electron chi connectivity index (χ1n) is 9.24. The van der Waals surface area contributed by atoms with Crippen molar-refractivity contribution in [1.29, 1.82) is 0 Å². The zero-order valence-corrected chi connectivity index (χ0v) is 17.5. The monoisotopic (exact) mass is 390 g/mol. The predicted octanol–water partition coefficient (Wildman–Crippen LogP) is 4.82. The van der Waals surface area contributed by atoms with Gasteiger partial charge >= 0.3 is 0 Å². The first-order chi connectivity index (χ1) is 12.6. The van der Waals surface area contributed by atoms with E-state index in [2.05, 4.69) is 13.8 Å². The summed E-state index contributed by atoms with van der Waals surface area (Å²) in [5.41, 5.74) is 1.41. The summed E-state index contributed by atoms with van der Waals surface area (Å²) in [7, 11) is 0. The molecule has 2 aromatic carbocycles. The number of carbonyl (C=O) groups is 1. The molecule has 0 radical (unpaired) electrons. The molecule has 0 unspecified atom stereocenters. The number of hydrogen-bond acceptors (Lipinski definition) is 5. The van der Waals surface area contributed by atoms with Crippen LogP contribution in [0.5, 0.6) is 5.75 Å². The number of phenolic OH excluding ortho intramolecular Hbond substituents is 1. The normalized spacial score (nSPS) is 13.3. The summed E-state index contributed by atoms with van der Waals surface area (Å²) in [5, 5.41) is 21.8. The third-order valence-electron chi connectivity index (χ3n) is 4.47. The van der Waals surface area contributed by atoms with Gasteiger partial charge in [0, 0.05) is 11.9 Å². The number of benzene rings is 2. The van der Waals surface area contributed by atoms with Crippen molar-refractivity contribution in [3.63, 3.8) is 0 Å². The number of carbonyl (C=O) groups excluding carboxylic acids is 1. The Kier molecular flexibility index (Phi) is 7.14. The Morgan fingerprint density at radius 3 is 2.44 bits per heavy atom. The third-order valence-corrected chi connectivity index (χ3v) is 5.63. The second kappa shape index (κ2) is 8.95. The van der Waals surface area contributed by atoms with Gasteiger partial charge in [-0.25, -0.2) is 9.79 Å². The topological polar surface area (TPSA) is 72.8 Å². The highest BCUT2D eigenvalue weighted by Crippen LogP contribution is 2.40. The zero-order chi connectivity index (χ0) is 20.2. The van der Waals surface area contributed by atoms with Crippen molar-refractivity contribution < 1.29 is 15.1 Å². The van der Waals surface area contributed by atoms with Gasteiger partial charge in [-0.1, -0.05) is 65.0 Å². The van der Waals surface area contributed by atoms with E-state index in [1.54, 1.807) is 0 Å². The van der Waals surface area contributed by atoms with Crippen molar-refractivity contribution in [2.24, 2.45) is 11.3 Å². The van der Waals surface area contributed by atoms with Crippen LogP contribution in [0.2, 0.25) is 0 Å². The van der Waals surface area contributed by atoms with Crippen LogP contribution in [0.3, 0.4) is 0 Å². The quantitative estimate of drug-likeness (QED) is 0.359. The van der Waals surface area contributed by atoms with E-state index in [0.29, 0.717) is 17.4 Å². The van der Waals surface area contributed by atoms with E-state index in [1.165, 1.54) is 11.9 Å². The third kappa shape index (κ3) is 5.37. The molecule has 2 aromatic rings. The minimum atomic E-state index is -0.558. The Hall–Kier alpha value is -1.76. The van der Waals surface area contributed by atoms with Crippen LogP contribution in [-0.2, 0) is 4.79 Å². The minimum absolute atomic E-state index is 0.213. The van der Waals surface area contributed by atoms with E-state index in [0.717, 1.165) is 17.2 Å². The number of nitrogens with zero attached hydrogens (tertiary/aromatic N) is 1. The Balaban J connectivity index is 2.42. The number of hydrogen-bond donors (Lipinski definition) is 3. The molecule has 0 aliphatic carbocycles. The van der Waals surface area contributed by atoms with Gasteiger partial charge in [-0.2, -0.15) is 0 Å². The number of amides is 1. The highest BCUT2D eigenvalue weighted by molar-refractivity contribution is 7.97. The summed E-state index contributed by atoms with van der Waals surface area (Å²) in [6, 6.07) is 11.0. The molecule has 0 fully saturated rings. The van der Waals surface area contributed by atoms with Crippen LogP contribution in [0.15, 0.2) is 41.3 Å². The SMILES string of the molecule is CC(C)CCN(Sc1ccc2ccccc2c1O)[C@@H](C(=O)NO)C(C)(C)C. The van der Waals surface area contributed by atoms with Crippen LogP contribution in [0, 0.1) is 11.3 Å². The fourth-order valence-corrected chi connectivity index (χ4v) is 4.36. The van der Waals surface area contributed by atoms with E-state index >= 15 is 0 Å². The Morgan fingerprint density at radius 2 is 1.85 bits per heavy atom. The molecule has 0 spiro atoms. The molecule has 0 aliphatic heterocycles. The molecule has 2 rings (SSSR count). The first-order valence-corrected chi connectivity index (χ1v) is 10.0. The molecule has 6 heteroatoms. The lowest BCUT2D eigenvalue weighted by Gasteiger charge is -2.38. The molecular formula is C21H30N2O3S. The molecule has 1 amide bonds. The molecule has 0 saturated heterocycles. The lowest BCUT2D eigenvalue weighted by Crippen LogP contribution is -2.51. The number of aromatic hydroxyl groups is 1. The van der Waals surface area contributed by atoms with Crippen LogP contribution in [-0.4, -0.2) is 33.1 Å². The lowest BCUT2D eigenvalue weighted by atomic mass is 9.86. The molecule has 0 aliphatic rings. The number of rotatable bonds is 7. The lowest BCUT2D eigenvalue weighted by molar-refractivity contribution is -0.136. The fraction of sp³-hybridized carbons (Fsp3) is 0.476. The van der Waals surface area contributed by atoms with E-state index < -0.39 is 17.4 Å². The van der Waals surface area contributed by atoms with Crippen molar-refractivity contribution >= 4 is 28.6 Å². The summed E-state index contributed by atoms with van der Waals surface area (Å²) in [6.07, 6.45) is 0.895. The Morgan fingerprint density at radius 1 is 1.19 bits per heavy atom. The Labute approximate surface area is 165 Å². The van der Waals surface area contributed by atoms with Crippen LogP contribution in [0.25, 0.3) is 10.8 Å². The minimum Gasteiger partial charge on any atom is -0.506 e. The maximum Gasteiger partial charge on any atom is 0.262 e. The molecule has 3 N–H and O–H groups in total. The average molecular weight is 391 g/mol. The largest absolute Gasteiger partial charge is 0.506 e. The molecule has 27 heavy (non-hydrogen) atoms. The Bertz CT molecular complexity index is 787. The van der Waals surface area contributed by atoms with Crippen LogP contribution < -0.4 is 5.48 Å². The highest BCUT2D eigenvalue weighted by atomic mass is 32.2. The fourth-order valence-electron chi connectivity index (χ4n) is 3.07. The maximum absolute atomic E-state index is 12.5. The van der Waals surface area contributed by atoms with Crippen molar-refractivity contribution in [2.45, 2.75) is 52.0 Å². The summed E-state index contributed by atoms with van der Waals surface area (Å²) >= 11 is 1.36. The molecule has 0 aromatic heterocycles. The molecule has 1 atom stereocenters. The number of nitrogens with one attached hydrogen (secondary N) is 1. The van der Waals surface area contributed by atoms with Gasteiger partial charge < -0.3 is 5.11 Å². The van der Waals surface area contributed by atoms with Crippen molar-refractivity contribution in [1.82, 2.24) is 9.79 Å².